The summed E-state index contributed by atoms with van der Waals surface area (Å²) in [6.07, 6.45) is 3.99. The van der Waals surface area contributed by atoms with Gasteiger partial charge in [0.1, 0.15) is 11.6 Å². The summed E-state index contributed by atoms with van der Waals surface area (Å²) in [6.45, 7) is 3.45. The Labute approximate surface area is 113 Å². The second-order valence-corrected chi connectivity index (χ2v) is 5.62. The second kappa shape index (κ2) is 5.97. The predicted molar refractivity (Wildman–Crippen MR) is 72.9 cm³/mol. The smallest absolute Gasteiger partial charge is 0.128 e. The third kappa shape index (κ3) is 3.51. The zero-order valence-corrected chi connectivity index (χ0v) is 11.5. The summed E-state index contributed by atoms with van der Waals surface area (Å²) in [5, 5.41) is 3.38. The third-order valence-corrected chi connectivity index (χ3v) is 4.00. The van der Waals surface area contributed by atoms with Crippen LogP contribution in [0.15, 0.2) is 12.1 Å². The summed E-state index contributed by atoms with van der Waals surface area (Å²) in [5.41, 5.74) is 6.61. The Bertz CT molecular complexity index is 440. The Morgan fingerprint density at radius 1 is 1.16 bits per heavy atom. The SMILES string of the molecule is Cc1cc(F)c(C(C)NC2CCC(N)CC2)cc1F. The molecule has 2 rings (SSSR count). The first-order valence-electron chi connectivity index (χ1n) is 6.94. The van der Waals surface area contributed by atoms with Crippen molar-refractivity contribution in [3.8, 4) is 0 Å². The van der Waals surface area contributed by atoms with Crippen molar-refractivity contribution in [1.82, 2.24) is 5.32 Å². The average Bonchev–Trinajstić information content (AvgIpc) is 2.36. The Hall–Kier alpha value is -1.00. The van der Waals surface area contributed by atoms with Gasteiger partial charge in [-0.1, -0.05) is 0 Å². The predicted octanol–water partition coefficient (Wildman–Crippen LogP) is 3.19. The zero-order chi connectivity index (χ0) is 14.0. The lowest BCUT2D eigenvalue weighted by atomic mass is 9.91. The van der Waals surface area contributed by atoms with Crippen LogP contribution >= 0.6 is 0 Å². The molecular weight excluding hydrogens is 246 g/mol. The molecule has 1 aliphatic carbocycles. The molecule has 0 radical (unpaired) electrons. The van der Waals surface area contributed by atoms with E-state index in [9.17, 15) is 8.78 Å². The van der Waals surface area contributed by atoms with E-state index < -0.39 is 0 Å². The minimum Gasteiger partial charge on any atom is -0.328 e. The van der Waals surface area contributed by atoms with E-state index in [2.05, 4.69) is 5.32 Å². The van der Waals surface area contributed by atoms with Crippen molar-refractivity contribution in [2.24, 2.45) is 5.73 Å². The first kappa shape index (κ1) is 14.4. The van der Waals surface area contributed by atoms with Gasteiger partial charge in [-0.25, -0.2) is 8.78 Å². The Balaban J connectivity index is 2.03. The highest BCUT2D eigenvalue weighted by atomic mass is 19.1. The number of benzene rings is 1. The van der Waals surface area contributed by atoms with Gasteiger partial charge in [0.25, 0.3) is 0 Å². The minimum absolute atomic E-state index is 0.186. The Kier molecular flexibility index (Phi) is 4.53. The summed E-state index contributed by atoms with van der Waals surface area (Å²) in [6, 6.07) is 3.02. The number of aryl methyl sites for hydroxylation is 1. The van der Waals surface area contributed by atoms with Crippen molar-refractivity contribution in [3.05, 3.63) is 34.9 Å². The van der Waals surface area contributed by atoms with Crippen LogP contribution in [0.25, 0.3) is 0 Å². The van der Waals surface area contributed by atoms with Gasteiger partial charge < -0.3 is 11.1 Å². The lowest BCUT2D eigenvalue weighted by Gasteiger charge is -2.30. The van der Waals surface area contributed by atoms with E-state index in [1.165, 1.54) is 12.1 Å². The van der Waals surface area contributed by atoms with Gasteiger partial charge in [0.05, 0.1) is 0 Å². The number of hydrogen-bond donors (Lipinski definition) is 2. The first-order valence-corrected chi connectivity index (χ1v) is 6.94. The lowest BCUT2D eigenvalue weighted by Crippen LogP contribution is -2.38. The molecule has 3 N–H and O–H groups in total. The highest BCUT2D eigenvalue weighted by Gasteiger charge is 2.22. The van der Waals surface area contributed by atoms with Crippen LogP contribution in [0.5, 0.6) is 0 Å². The van der Waals surface area contributed by atoms with E-state index in [4.69, 9.17) is 5.73 Å². The fraction of sp³-hybridized carbons (Fsp3) is 0.600. The van der Waals surface area contributed by atoms with E-state index in [-0.39, 0.29) is 17.7 Å². The van der Waals surface area contributed by atoms with Gasteiger partial charge in [-0.05, 0) is 57.2 Å². The van der Waals surface area contributed by atoms with Gasteiger partial charge in [-0.15, -0.1) is 0 Å². The molecule has 19 heavy (non-hydrogen) atoms. The average molecular weight is 268 g/mol. The molecule has 0 saturated heterocycles. The molecule has 1 aromatic rings. The topological polar surface area (TPSA) is 38.0 Å². The number of halogens is 2. The van der Waals surface area contributed by atoms with Crippen LogP contribution in [0.4, 0.5) is 8.78 Å². The molecule has 0 aromatic heterocycles. The van der Waals surface area contributed by atoms with Gasteiger partial charge in [0, 0.05) is 23.7 Å². The van der Waals surface area contributed by atoms with Crippen molar-refractivity contribution < 1.29 is 8.78 Å². The van der Waals surface area contributed by atoms with Gasteiger partial charge in [0.15, 0.2) is 0 Å². The van der Waals surface area contributed by atoms with Crippen molar-refractivity contribution >= 4 is 0 Å². The molecule has 2 nitrogen and oxygen atoms in total. The van der Waals surface area contributed by atoms with Crippen molar-refractivity contribution in [3.63, 3.8) is 0 Å². The van der Waals surface area contributed by atoms with Gasteiger partial charge in [-0.3, -0.25) is 0 Å². The molecular formula is C15H22F2N2. The molecule has 1 aromatic carbocycles. The maximum Gasteiger partial charge on any atom is 0.128 e. The van der Waals surface area contributed by atoms with Crippen molar-refractivity contribution in [1.29, 1.82) is 0 Å². The summed E-state index contributed by atoms with van der Waals surface area (Å²) >= 11 is 0. The van der Waals surface area contributed by atoms with Crippen LogP contribution in [0.1, 0.15) is 49.8 Å². The molecule has 106 valence electrons. The van der Waals surface area contributed by atoms with E-state index in [0.717, 1.165) is 25.7 Å². The normalized spacial score (nSPS) is 25.3. The first-order chi connectivity index (χ1) is 8.97. The zero-order valence-electron chi connectivity index (χ0n) is 11.5. The number of hydrogen-bond acceptors (Lipinski definition) is 2. The quantitative estimate of drug-likeness (QED) is 0.883. The van der Waals surface area contributed by atoms with Gasteiger partial charge in [-0.2, -0.15) is 0 Å². The van der Waals surface area contributed by atoms with Gasteiger partial charge >= 0.3 is 0 Å². The van der Waals surface area contributed by atoms with E-state index in [0.29, 0.717) is 23.2 Å². The Morgan fingerprint density at radius 3 is 2.42 bits per heavy atom. The van der Waals surface area contributed by atoms with Crippen LogP contribution in [0.2, 0.25) is 0 Å². The van der Waals surface area contributed by atoms with E-state index >= 15 is 0 Å². The van der Waals surface area contributed by atoms with Crippen molar-refractivity contribution in [2.45, 2.75) is 57.7 Å². The molecule has 1 atom stereocenters. The standard InChI is InChI=1S/C15H22F2N2/c1-9-7-15(17)13(8-14(9)16)10(2)19-12-5-3-11(18)4-6-12/h7-8,10-12,19H,3-6,18H2,1-2H3. The summed E-state index contributed by atoms with van der Waals surface area (Å²) in [5.74, 6) is -0.692. The Morgan fingerprint density at radius 2 is 1.79 bits per heavy atom. The van der Waals surface area contributed by atoms with Crippen LogP contribution in [0.3, 0.4) is 0 Å². The molecule has 0 bridgehead atoms. The molecule has 0 spiro atoms. The number of nitrogens with two attached hydrogens (primary N) is 1. The van der Waals surface area contributed by atoms with Crippen LogP contribution in [-0.4, -0.2) is 12.1 Å². The van der Waals surface area contributed by atoms with Crippen LogP contribution in [0, 0.1) is 18.6 Å². The highest BCUT2D eigenvalue weighted by Crippen LogP contribution is 2.24. The van der Waals surface area contributed by atoms with Crippen LogP contribution < -0.4 is 11.1 Å². The molecule has 0 amide bonds. The van der Waals surface area contributed by atoms with Gasteiger partial charge in [0.2, 0.25) is 0 Å². The van der Waals surface area contributed by atoms with Crippen molar-refractivity contribution in [2.75, 3.05) is 0 Å². The van der Waals surface area contributed by atoms with E-state index in [1.54, 1.807) is 6.92 Å². The maximum absolute atomic E-state index is 13.9. The number of nitrogens with one attached hydrogen (secondary N) is 1. The van der Waals surface area contributed by atoms with E-state index in [1.807, 2.05) is 6.92 Å². The third-order valence-electron chi connectivity index (χ3n) is 4.00. The largest absolute Gasteiger partial charge is 0.328 e. The molecule has 1 saturated carbocycles. The molecule has 1 unspecified atom stereocenters. The summed E-state index contributed by atoms with van der Waals surface area (Å²) in [7, 11) is 0. The second-order valence-electron chi connectivity index (χ2n) is 5.62. The molecule has 1 fully saturated rings. The monoisotopic (exact) mass is 268 g/mol. The summed E-state index contributed by atoms with van der Waals surface area (Å²) < 4.78 is 27.4. The maximum atomic E-state index is 13.9. The lowest BCUT2D eigenvalue weighted by molar-refractivity contribution is 0.319. The molecule has 4 heteroatoms. The molecule has 1 aliphatic rings. The summed E-state index contributed by atoms with van der Waals surface area (Å²) in [4.78, 5) is 0. The fourth-order valence-corrected chi connectivity index (χ4v) is 2.72. The molecule has 0 heterocycles. The minimum atomic E-state index is -0.351. The fourth-order valence-electron chi connectivity index (χ4n) is 2.72. The van der Waals surface area contributed by atoms with Crippen LogP contribution in [-0.2, 0) is 0 Å². The number of rotatable bonds is 3. The molecule has 0 aliphatic heterocycles. The highest BCUT2D eigenvalue weighted by molar-refractivity contribution is 5.27.